The number of likely N-dealkylation sites (N-methyl/N-ethyl adjacent to an activating group) is 1. The Kier molecular flexibility index (Phi) is 3.37. The number of ether oxygens (including phenoxy) is 2. The van der Waals surface area contributed by atoms with E-state index in [4.69, 9.17) is 9.47 Å². The number of nitrogens with zero attached hydrogens (tertiary/aromatic N) is 3. The van der Waals surface area contributed by atoms with Gasteiger partial charge >= 0.3 is 5.97 Å². The first kappa shape index (κ1) is 12.0. The molecule has 17 heavy (non-hydrogen) atoms. The summed E-state index contributed by atoms with van der Waals surface area (Å²) in [6.45, 7) is 1.24. The van der Waals surface area contributed by atoms with Crippen LogP contribution in [0.2, 0.25) is 0 Å². The lowest BCUT2D eigenvalue weighted by molar-refractivity contribution is 0.0587. The average Bonchev–Trinajstić information content (AvgIpc) is 2.37. The van der Waals surface area contributed by atoms with E-state index < -0.39 is 5.97 Å². The Morgan fingerprint density at radius 3 is 2.94 bits per heavy atom. The molecule has 0 aliphatic carbocycles. The Labute approximate surface area is 103 Å². The lowest BCUT2D eigenvalue weighted by atomic mass is 10.3. The monoisotopic (exact) mass is 255 g/mol. The molecule has 1 aromatic rings. The van der Waals surface area contributed by atoms with Crippen LogP contribution in [0.25, 0.3) is 0 Å². The maximum atomic E-state index is 11.6. The maximum absolute atomic E-state index is 11.6. The molecule has 1 aliphatic heterocycles. The summed E-state index contributed by atoms with van der Waals surface area (Å²) in [6, 6.07) is 0. The number of methoxy groups -OCH3 is 1. The molecule has 0 amide bonds. The Morgan fingerprint density at radius 1 is 1.53 bits per heavy atom. The number of aromatic nitrogens is 2. The van der Waals surface area contributed by atoms with E-state index in [1.54, 1.807) is 0 Å². The van der Waals surface area contributed by atoms with Crippen LogP contribution < -0.4 is 9.64 Å². The van der Waals surface area contributed by atoms with E-state index in [1.807, 2.05) is 18.2 Å². The molecule has 0 fully saturated rings. The topological polar surface area (TPSA) is 64.5 Å². The van der Waals surface area contributed by atoms with Gasteiger partial charge in [0.2, 0.25) is 0 Å². The quantitative estimate of drug-likeness (QED) is 0.440. The number of carbonyl (C=O) groups excluding carboxylic acids is 1. The summed E-state index contributed by atoms with van der Waals surface area (Å²) in [6.07, 6.45) is 1.85. The molecule has 0 spiro atoms. The molecule has 0 aromatic carbocycles. The van der Waals surface area contributed by atoms with Gasteiger partial charge in [0, 0.05) is 7.05 Å². The van der Waals surface area contributed by atoms with Crippen LogP contribution >= 0.6 is 11.8 Å². The second kappa shape index (κ2) is 4.79. The smallest absolute Gasteiger partial charge is 0.360 e. The molecule has 7 heteroatoms. The highest BCUT2D eigenvalue weighted by atomic mass is 32.2. The normalized spacial score (nSPS) is 13.9. The van der Waals surface area contributed by atoms with Crippen molar-refractivity contribution in [1.29, 1.82) is 0 Å². The predicted octanol–water partition coefficient (Wildman–Crippen LogP) is 0.814. The molecule has 0 unspecified atom stereocenters. The lowest BCUT2D eigenvalue weighted by Crippen LogP contribution is -2.31. The van der Waals surface area contributed by atoms with Gasteiger partial charge in [0.25, 0.3) is 0 Å². The molecule has 0 saturated heterocycles. The number of thioether (sulfide) groups is 1. The van der Waals surface area contributed by atoms with Crippen molar-refractivity contribution in [2.75, 3.05) is 38.5 Å². The van der Waals surface area contributed by atoms with Gasteiger partial charge in [-0.05, 0) is 6.26 Å². The summed E-state index contributed by atoms with van der Waals surface area (Å²) in [4.78, 5) is 22.0. The maximum Gasteiger partial charge on any atom is 0.360 e. The molecule has 0 saturated carbocycles. The molecular weight excluding hydrogens is 242 g/mol. The third-order valence-electron chi connectivity index (χ3n) is 2.42. The van der Waals surface area contributed by atoms with Gasteiger partial charge in [0.05, 0.1) is 13.7 Å². The minimum absolute atomic E-state index is 0.188. The number of rotatable bonds is 2. The Balaban J connectivity index is 2.57. The summed E-state index contributed by atoms with van der Waals surface area (Å²) in [5.41, 5.74) is 0.188. The predicted molar refractivity (Wildman–Crippen MR) is 63.9 cm³/mol. The number of hydrogen-bond donors (Lipinski definition) is 0. The van der Waals surface area contributed by atoms with E-state index >= 15 is 0 Å². The summed E-state index contributed by atoms with van der Waals surface area (Å²) in [5.74, 6) is 0.536. The molecule has 2 rings (SSSR count). The molecule has 0 atom stereocenters. The zero-order chi connectivity index (χ0) is 12.4. The van der Waals surface area contributed by atoms with Crippen molar-refractivity contribution in [3.63, 3.8) is 0 Å². The van der Waals surface area contributed by atoms with Crippen molar-refractivity contribution in [2.24, 2.45) is 0 Å². The second-order valence-corrected chi connectivity index (χ2v) is 4.25. The van der Waals surface area contributed by atoms with E-state index in [-0.39, 0.29) is 5.69 Å². The Hall–Kier alpha value is -1.50. The van der Waals surface area contributed by atoms with Gasteiger partial charge in [-0.25, -0.2) is 14.8 Å². The molecule has 6 nitrogen and oxygen atoms in total. The molecule has 0 radical (unpaired) electrons. The summed E-state index contributed by atoms with van der Waals surface area (Å²) < 4.78 is 10.2. The van der Waals surface area contributed by atoms with E-state index in [0.29, 0.717) is 23.3 Å². The fourth-order valence-corrected chi connectivity index (χ4v) is 1.89. The Morgan fingerprint density at radius 2 is 2.29 bits per heavy atom. The number of esters is 1. The van der Waals surface area contributed by atoms with Crippen molar-refractivity contribution in [3.8, 4) is 5.75 Å². The number of fused-ring (bicyclic) bond motifs is 1. The van der Waals surface area contributed by atoms with E-state index in [2.05, 4.69) is 9.97 Å². The van der Waals surface area contributed by atoms with Crippen LogP contribution in [0, 0.1) is 0 Å². The van der Waals surface area contributed by atoms with Crippen LogP contribution in [0.1, 0.15) is 10.5 Å². The van der Waals surface area contributed by atoms with Crippen molar-refractivity contribution in [1.82, 2.24) is 9.97 Å². The zero-order valence-electron chi connectivity index (χ0n) is 9.89. The van der Waals surface area contributed by atoms with Crippen LogP contribution in [0.3, 0.4) is 0 Å². The van der Waals surface area contributed by atoms with Gasteiger partial charge in [-0.3, -0.25) is 0 Å². The lowest BCUT2D eigenvalue weighted by Gasteiger charge is -2.27. The molecule has 2 heterocycles. The number of carbonyl (C=O) groups is 1. The van der Waals surface area contributed by atoms with Gasteiger partial charge in [0.1, 0.15) is 6.61 Å². The van der Waals surface area contributed by atoms with Crippen molar-refractivity contribution in [3.05, 3.63) is 5.69 Å². The molecule has 1 aliphatic rings. The largest absolute Gasteiger partial charge is 0.486 e. The SMILES string of the molecule is COC(=O)c1nc(SC)nc2c1OCCN2C. The standard InChI is InChI=1S/C10H13N3O3S/c1-13-4-5-16-7-6(9(14)15-2)11-10(17-3)12-8(7)13/h4-5H2,1-3H3. The summed E-state index contributed by atoms with van der Waals surface area (Å²) in [5, 5.41) is 0.529. The molecule has 0 bridgehead atoms. The highest BCUT2D eigenvalue weighted by molar-refractivity contribution is 7.98. The number of anilines is 1. The van der Waals surface area contributed by atoms with Gasteiger partial charge < -0.3 is 14.4 Å². The Bertz CT molecular complexity index is 453. The van der Waals surface area contributed by atoms with Crippen LogP contribution in [0.15, 0.2) is 5.16 Å². The molecular formula is C10H13N3O3S. The van der Waals surface area contributed by atoms with Gasteiger partial charge in [-0.1, -0.05) is 11.8 Å². The van der Waals surface area contributed by atoms with E-state index in [9.17, 15) is 4.79 Å². The van der Waals surface area contributed by atoms with E-state index in [1.165, 1.54) is 18.9 Å². The highest BCUT2D eigenvalue weighted by Gasteiger charge is 2.26. The first-order chi connectivity index (χ1) is 8.17. The van der Waals surface area contributed by atoms with Gasteiger partial charge in [-0.15, -0.1) is 0 Å². The van der Waals surface area contributed by atoms with Crippen molar-refractivity contribution in [2.45, 2.75) is 5.16 Å². The molecule has 1 aromatic heterocycles. The average molecular weight is 255 g/mol. The fraction of sp³-hybridized carbons (Fsp3) is 0.500. The first-order valence-electron chi connectivity index (χ1n) is 5.05. The highest BCUT2D eigenvalue weighted by Crippen LogP contribution is 2.33. The van der Waals surface area contributed by atoms with Crippen LogP contribution in [0.5, 0.6) is 5.75 Å². The summed E-state index contributed by atoms with van der Waals surface area (Å²) in [7, 11) is 3.22. The third kappa shape index (κ3) is 2.14. The van der Waals surface area contributed by atoms with Gasteiger partial charge in [0.15, 0.2) is 22.4 Å². The van der Waals surface area contributed by atoms with Crippen molar-refractivity contribution >= 4 is 23.5 Å². The van der Waals surface area contributed by atoms with Crippen LogP contribution in [-0.4, -0.2) is 49.5 Å². The van der Waals surface area contributed by atoms with Crippen molar-refractivity contribution < 1.29 is 14.3 Å². The van der Waals surface area contributed by atoms with Crippen LogP contribution in [0.4, 0.5) is 5.82 Å². The first-order valence-corrected chi connectivity index (χ1v) is 6.28. The third-order valence-corrected chi connectivity index (χ3v) is 2.97. The van der Waals surface area contributed by atoms with E-state index in [0.717, 1.165) is 6.54 Å². The zero-order valence-corrected chi connectivity index (χ0v) is 10.7. The van der Waals surface area contributed by atoms with Gasteiger partial charge in [-0.2, -0.15) is 0 Å². The molecule has 0 N–H and O–H groups in total. The minimum atomic E-state index is -0.505. The fourth-order valence-electron chi connectivity index (χ4n) is 1.53. The van der Waals surface area contributed by atoms with Crippen LogP contribution in [-0.2, 0) is 4.74 Å². The molecule has 92 valence electrons. The second-order valence-electron chi connectivity index (χ2n) is 3.47. The summed E-state index contributed by atoms with van der Waals surface area (Å²) >= 11 is 1.37. The minimum Gasteiger partial charge on any atom is -0.486 e. The number of hydrogen-bond acceptors (Lipinski definition) is 7.